The lowest BCUT2D eigenvalue weighted by molar-refractivity contribution is 0.294. The maximum atomic E-state index is 13.9. The Kier molecular flexibility index (Phi) is 7.08. The van der Waals surface area contributed by atoms with Crippen LogP contribution >= 0.6 is 7.82 Å². The summed E-state index contributed by atoms with van der Waals surface area (Å²) in [5.41, 5.74) is 1.20. The smallest absolute Gasteiger partial charge is 0.497 e. The molecule has 0 amide bonds. The molecule has 166 valence electrons. The molecule has 4 aromatic rings. The van der Waals surface area contributed by atoms with Crippen molar-refractivity contribution in [3.05, 3.63) is 121 Å². The average molecular weight is 459 g/mol. The fourth-order valence-corrected chi connectivity index (χ4v) is 4.10. The minimum absolute atomic E-state index is 0.0825. The zero-order valence-electron chi connectivity index (χ0n) is 17.9. The van der Waals surface area contributed by atoms with E-state index in [1.165, 1.54) is 0 Å². The molecule has 0 N–H and O–H groups in total. The Hall–Kier alpha value is -4.02. The van der Waals surface area contributed by atoms with E-state index in [0.717, 1.165) is 0 Å². The van der Waals surface area contributed by atoms with Crippen LogP contribution in [0.4, 0.5) is 5.69 Å². The van der Waals surface area contributed by atoms with Crippen LogP contribution in [-0.2, 0) is 9.09 Å². The number of methoxy groups -OCH3 is 1. The Morgan fingerprint density at radius 1 is 0.636 bits per heavy atom. The quantitative estimate of drug-likeness (QED) is 0.160. The number of para-hydroxylation sites is 3. The monoisotopic (exact) mass is 459 g/mol. The molecule has 33 heavy (non-hydrogen) atoms. The van der Waals surface area contributed by atoms with Crippen LogP contribution in [0.5, 0.6) is 17.2 Å². The van der Waals surface area contributed by atoms with Crippen LogP contribution < -0.4 is 13.8 Å². The molecule has 0 spiro atoms. The number of ether oxygens (including phenoxy) is 1. The second-order valence-corrected chi connectivity index (χ2v) is 8.27. The van der Waals surface area contributed by atoms with E-state index in [1.807, 2.05) is 42.5 Å². The maximum Gasteiger partial charge on any atom is 0.648 e. The van der Waals surface area contributed by atoms with E-state index in [9.17, 15) is 4.57 Å². The first-order valence-electron chi connectivity index (χ1n) is 10.2. The minimum Gasteiger partial charge on any atom is -0.497 e. The van der Waals surface area contributed by atoms with E-state index in [1.54, 1.807) is 79.9 Å². The molecule has 7 heteroatoms. The van der Waals surface area contributed by atoms with Crippen LogP contribution in [0.15, 0.2) is 120 Å². The molecule has 4 aromatic carbocycles. The van der Waals surface area contributed by atoms with E-state index in [4.69, 9.17) is 18.3 Å². The second-order valence-electron chi connectivity index (χ2n) is 6.83. The number of phosphoric acid groups is 1. The van der Waals surface area contributed by atoms with Gasteiger partial charge in [0, 0.05) is 5.56 Å². The lowest BCUT2D eigenvalue weighted by Crippen LogP contribution is -2.12. The van der Waals surface area contributed by atoms with Crippen molar-refractivity contribution in [3.8, 4) is 17.2 Å². The first kappa shape index (κ1) is 22.2. The van der Waals surface area contributed by atoms with Crippen molar-refractivity contribution in [1.29, 1.82) is 0 Å². The summed E-state index contributed by atoms with van der Waals surface area (Å²) < 4.78 is 36.5. The number of rotatable bonds is 8. The predicted molar refractivity (Wildman–Crippen MR) is 128 cm³/mol. The van der Waals surface area contributed by atoms with Gasteiger partial charge in [0.25, 0.3) is 0 Å². The average Bonchev–Trinajstić information content (AvgIpc) is 2.85. The zero-order chi connectivity index (χ0) is 22.9. The number of aliphatic imine (C=N–C) groups is 1. The van der Waals surface area contributed by atoms with E-state index < -0.39 is 7.82 Å². The first-order valence-corrected chi connectivity index (χ1v) is 11.7. The normalized spacial score (nSPS) is 11.5. The van der Waals surface area contributed by atoms with Crippen molar-refractivity contribution in [1.82, 2.24) is 0 Å². The van der Waals surface area contributed by atoms with Crippen LogP contribution in [0.3, 0.4) is 0 Å². The maximum absolute atomic E-state index is 13.9. The van der Waals surface area contributed by atoms with Gasteiger partial charge in [0.1, 0.15) is 17.2 Å². The van der Waals surface area contributed by atoms with Gasteiger partial charge in [-0.1, -0.05) is 54.6 Å². The number of hydrogen-bond donors (Lipinski definition) is 0. The second kappa shape index (κ2) is 10.5. The summed E-state index contributed by atoms with van der Waals surface area (Å²) in [5, 5.41) is 0. The van der Waals surface area contributed by atoms with Crippen molar-refractivity contribution >= 4 is 19.4 Å². The molecule has 0 aromatic heterocycles. The Morgan fingerprint density at radius 2 is 1.12 bits per heavy atom. The van der Waals surface area contributed by atoms with Gasteiger partial charge in [0.05, 0.1) is 12.8 Å². The van der Waals surface area contributed by atoms with Crippen molar-refractivity contribution in [2.24, 2.45) is 4.99 Å². The lowest BCUT2D eigenvalue weighted by Gasteiger charge is -2.20. The van der Waals surface area contributed by atoms with Crippen LogP contribution in [-0.4, -0.2) is 13.0 Å². The number of benzene rings is 4. The molecule has 0 atom stereocenters. The highest BCUT2D eigenvalue weighted by Gasteiger charge is 2.35. The van der Waals surface area contributed by atoms with Crippen LogP contribution in [0, 0.1) is 0 Å². The number of phosphoric ester groups is 1. The Balaban J connectivity index is 1.73. The van der Waals surface area contributed by atoms with Gasteiger partial charge in [-0.3, -0.25) is 0 Å². The Morgan fingerprint density at radius 3 is 1.61 bits per heavy atom. The summed E-state index contributed by atoms with van der Waals surface area (Å²) in [4.78, 5) is 4.57. The first-order chi connectivity index (χ1) is 16.1. The van der Waals surface area contributed by atoms with E-state index >= 15 is 0 Å². The highest BCUT2D eigenvalue weighted by molar-refractivity contribution is 7.50. The number of hydrogen-bond acceptors (Lipinski definition) is 6. The highest BCUT2D eigenvalue weighted by Crippen LogP contribution is 2.50. The van der Waals surface area contributed by atoms with E-state index in [-0.39, 0.29) is 5.90 Å². The molecular weight excluding hydrogens is 437 g/mol. The van der Waals surface area contributed by atoms with Gasteiger partial charge in [0.2, 0.25) is 5.90 Å². The third-order valence-electron chi connectivity index (χ3n) is 4.44. The van der Waals surface area contributed by atoms with Gasteiger partial charge >= 0.3 is 7.82 Å². The topological polar surface area (TPSA) is 66.4 Å². The SMILES string of the molecule is COc1ccc(C(=Nc2ccccc2)OP(=O)(Oc2ccccc2)Oc2ccccc2)cc1. The largest absolute Gasteiger partial charge is 0.648 e. The lowest BCUT2D eigenvalue weighted by atomic mass is 10.2. The molecule has 0 bridgehead atoms. The summed E-state index contributed by atoms with van der Waals surface area (Å²) in [6.07, 6.45) is 0. The van der Waals surface area contributed by atoms with Gasteiger partial charge in [0.15, 0.2) is 0 Å². The van der Waals surface area contributed by atoms with E-state index in [0.29, 0.717) is 28.5 Å². The Bertz CT molecular complexity index is 1180. The van der Waals surface area contributed by atoms with Crippen molar-refractivity contribution in [3.63, 3.8) is 0 Å². The number of nitrogens with zero attached hydrogens (tertiary/aromatic N) is 1. The highest BCUT2D eigenvalue weighted by atomic mass is 31.2. The molecular formula is C26H22NO5P. The van der Waals surface area contributed by atoms with Crippen LogP contribution in [0.1, 0.15) is 5.56 Å². The van der Waals surface area contributed by atoms with Gasteiger partial charge < -0.3 is 18.3 Å². The molecule has 0 radical (unpaired) electrons. The van der Waals surface area contributed by atoms with Crippen LogP contribution in [0.25, 0.3) is 0 Å². The fraction of sp³-hybridized carbons (Fsp3) is 0.0385. The van der Waals surface area contributed by atoms with Crippen LogP contribution in [0.2, 0.25) is 0 Å². The fourth-order valence-electron chi connectivity index (χ4n) is 2.87. The summed E-state index contributed by atoms with van der Waals surface area (Å²) in [7, 11) is -2.62. The third-order valence-corrected chi connectivity index (χ3v) is 5.71. The minimum atomic E-state index is -4.20. The van der Waals surface area contributed by atoms with Gasteiger partial charge in [-0.2, -0.15) is 4.57 Å². The molecule has 0 saturated heterocycles. The molecule has 0 aliphatic heterocycles. The summed E-state index contributed by atoms with van der Waals surface area (Å²) in [6.45, 7) is 0. The zero-order valence-corrected chi connectivity index (χ0v) is 18.8. The molecule has 0 heterocycles. The predicted octanol–water partition coefficient (Wildman–Crippen LogP) is 7.06. The van der Waals surface area contributed by atoms with Gasteiger partial charge in [-0.15, -0.1) is 0 Å². The third kappa shape index (κ3) is 6.25. The van der Waals surface area contributed by atoms with Crippen molar-refractivity contribution in [2.75, 3.05) is 7.11 Å². The summed E-state index contributed by atoms with van der Waals surface area (Å²) in [6, 6.07) is 33.7. The standard InChI is InChI=1S/C26H22NO5P/c1-29-23-19-17-21(18-20-23)26(27-22-11-5-2-6-12-22)32-33(28,30-24-13-7-3-8-14-24)31-25-15-9-4-10-16-25/h2-20H,1H3. The molecule has 0 aliphatic rings. The van der Waals surface area contributed by atoms with Gasteiger partial charge in [-0.05, 0) is 60.7 Å². The summed E-state index contributed by atoms with van der Waals surface area (Å²) in [5.74, 6) is 1.43. The van der Waals surface area contributed by atoms with Gasteiger partial charge in [-0.25, -0.2) is 4.99 Å². The molecule has 0 aliphatic carbocycles. The molecule has 4 rings (SSSR count). The van der Waals surface area contributed by atoms with Crippen molar-refractivity contribution < 1.29 is 22.9 Å². The van der Waals surface area contributed by atoms with Crippen molar-refractivity contribution in [2.45, 2.75) is 0 Å². The Labute approximate surface area is 192 Å². The van der Waals surface area contributed by atoms with E-state index in [2.05, 4.69) is 4.99 Å². The molecule has 0 unspecified atom stereocenters. The molecule has 0 fully saturated rings. The summed E-state index contributed by atoms with van der Waals surface area (Å²) >= 11 is 0. The molecule has 0 saturated carbocycles. The molecule has 6 nitrogen and oxygen atoms in total.